The summed E-state index contributed by atoms with van der Waals surface area (Å²) in [5.41, 5.74) is 1.18. The SMILES string of the molecule is CCNCc1csc(N2CCCC(C)CC2)n1. The molecule has 0 radical (unpaired) electrons. The zero-order chi connectivity index (χ0) is 12.1. The van der Waals surface area contributed by atoms with Crippen molar-refractivity contribution in [3.63, 3.8) is 0 Å². The van der Waals surface area contributed by atoms with E-state index in [4.69, 9.17) is 4.98 Å². The summed E-state index contributed by atoms with van der Waals surface area (Å²) in [7, 11) is 0. The summed E-state index contributed by atoms with van der Waals surface area (Å²) in [5, 5.41) is 6.73. The minimum Gasteiger partial charge on any atom is -0.348 e. The van der Waals surface area contributed by atoms with Gasteiger partial charge in [-0.05, 0) is 31.7 Å². The summed E-state index contributed by atoms with van der Waals surface area (Å²) in [6.45, 7) is 8.75. The van der Waals surface area contributed by atoms with Gasteiger partial charge in [0.15, 0.2) is 5.13 Å². The highest BCUT2D eigenvalue weighted by molar-refractivity contribution is 7.13. The average Bonchev–Trinajstić information content (AvgIpc) is 2.69. The Hall–Kier alpha value is -0.610. The molecular formula is C13H23N3S. The minimum atomic E-state index is 0.876. The van der Waals surface area contributed by atoms with Crippen LogP contribution >= 0.6 is 11.3 Å². The lowest BCUT2D eigenvalue weighted by Gasteiger charge is -2.18. The van der Waals surface area contributed by atoms with E-state index in [0.717, 1.165) is 19.0 Å². The zero-order valence-electron chi connectivity index (χ0n) is 10.9. The van der Waals surface area contributed by atoms with Crippen molar-refractivity contribution >= 4 is 16.5 Å². The fourth-order valence-electron chi connectivity index (χ4n) is 2.23. The van der Waals surface area contributed by atoms with E-state index in [1.54, 1.807) is 11.3 Å². The van der Waals surface area contributed by atoms with Crippen LogP contribution in [0.2, 0.25) is 0 Å². The Labute approximate surface area is 108 Å². The Bertz CT molecular complexity index is 337. The second-order valence-electron chi connectivity index (χ2n) is 4.92. The van der Waals surface area contributed by atoms with Crippen LogP contribution in [0.4, 0.5) is 5.13 Å². The summed E-state index contributed by atoms with van der Waals surface area (Å²) in [4.78, 5) is 7.18. The number of hydrogen-bond acceptors (Lipinski definition) is 4. The highest BCUT2D eigenvalue weighted by atomic mass is 32.1. The number of rotatable bonds is 4. The van der Waals surface area contributed by atoms with Crippen molar-refractivity contribution in [1.29, 1.82) is 0 Å². The van der Waals surface area contributed by atoms with Crippen LogP contribution in [-0.4, -0.2) is 24.6 Å². The molecule has 0 aliphatic carbocycles. The lowest BCUT2D eigenvalue weighted by atomic mass is 10.0. The monoisotopic (exact) mass is 253 g/mol. The molecule has 1 aliphatic heterocycles. The van der Waals surface area contributed by atoms with Gasteiger partial charge in [-0.25, -0.2) is 4.98 Å². The Kier molecular flexibility index (Phi) is 4.80. The maximum absolute atomic E-state index is 4.72. The van der Waals surface area contributed by atoms with Gasteiger partial charge in [0.25, 0.3) is 0 Å². The third-order valence-electron chi connectivity index (χ3n) is 3.38. The molecule has 1 N–H and O–H groups in total. The molecule has 1 fully saturated rings. The molecule has 2 heterocycles. The first-order valence-corrected chi connectivity index (χ1v) is 7.57. The first kappa shape index (κ1) is 12.8. The normalized spacial score (nSPS) is 21.5. The Morgan fingerprint density at radius 3 is 3.18 bits per heavy atom. The van der Waals surface area contributed by atoms with E-state index in [1.165, 1.54) is 43.2 Å². The molecule has 1 aromatic rings. The fourth-order valence-corrected chi connectivity index (χ4v) is 3.11. The predicted octanol–water partition coefficient (Wildman–Crippen LogP) is 2.88. The summed E-state index contributed by atoms with van der Waals surface area (Å²) >= 11 is 1.79. The minimum absolute atomic E-state index is 0.876. The van der Waals surface area contributed by atoms with Crippen molar-refractivity contribution in [3.05, 3.63) is 11.1 Å². The van der Waals surface area contributed by atoms with Gasteiger partial charge in [-0.1, -0.05) is 13.8 Å². The topological polar surface area (TPSA) is 28.2 Å². The molecule has 17 heavy (non-hydrogen) atoms. The van der Waals surface area contributed by atoms with Crippen molar-refractivity contribution in [3.8, 4) is 0 Å². The highest BCUT2D eigenvalue weighted by Gasteiger charge is 2.16. The molecule has 1 saturated heterocycles. The molecule has 1 aromatic heterocycles. The van der Waals surface area contributed by atoms with Gasteiger partial charge in [-0.15, -0.1) is 11.3 Å². The van der Waals surface area contributed by atoms with E-state index in [1.807, 2.05) is 0 Å². The summed E-state index contributed by atoms with van der Waals surface area (Å²) < 4.78 is 0. The molecule has 3 nitrogen and oxygen atoms in total. The van der Waals surface area contributed by atoms with Crippen LogP contribution in [0.25, 0.3) is 0 Å². The van der Waals surface area contributed by atoms with Crippen LogP contribution in [0.3, 0.4) is 0 Å². The van der Waals surface area contributed by atoms with E-state index in [9.17, 15) is 0 Å². The van der Waals surface area contributed by atoms with E-state index in [2.05, 4.69) is 29.4 Å². The molecule has 4 heteroatoms. The zero-order valence-corrected chi connectivity index (χ0v) is 11.7. The van der Waals surface area contributed by atoms with Gasteiger partial charge in [0.05, 0.1) is 5.69 Å². The molecule has 1 atom stereocenters. The second kappa shape index (κ2) is 6.36. The van der Waals surface area contributed by atoms with Gasteiger partial charge in [0, 0.05) is 25.0 Å². The molecule has 96 valence electrons. The van der Waals surface area contributed by atoms with Crippen molar-refractivity contribution < 1.29 is 0 Å². The highest BCUT2D eigenvalue weighted by Crippen LogP contribution is 2.25. The van der Waals surface area contributed by atoms with Crippen molar-refractivity contribution in [2.24, 2.45) is 5.92 Å². The first-order chi connectivity index (χ1) is 8.29. The van der Waals surface area contributed by atoms with Crippen LogP contribution in [0.15, 0.2) is 5.38 Å². The van der Waals surface area contributed by atoms with Crippen molar-refractivity contribution in [2.75, 3.05) is 24.5 Å². The smallest absolute Gasteiger partial charge is 0.185 e. The molecule has 2 rings (SSSR count). The largest absolute Gasteiger partial charge is 0.348 e. The van der Waals surface area contributed by atoms with E-state index >= 15 is 0 Å². The summed E-state index contributed by atoms with van der Waals surface area (Å²) in [6, 6.07) is 0. The molecule has 0 spiro atoms. The summed E-state index contributed by atoms with van der Waals surface area (Å²) in [5.74, 6) is 0.876. The van der Waals surface area contributed by atoms with Crippen LogP contribution in [0.5, 0.6) is 0 Å². The molecular weight excluding hydrogens is 230 g/mol. The van der Waals surface area contributed by atoms with Crippen molar-refractivity contribution in [2.45, 2.75) is 39.7 Å². The van der Waals surface area contributed by atoms with E-state index in [-0.39, 0.29) is 0 Å². The summed E-state index contributed by atoms with van der Waals surface area (Å²) in [6.07, 6.45) is 3.98. The molecule has 0 bridgehead atoms. The average molecular weight is 253 g/mol. The van der Waals surface area contributed by atoms with Crippen LogP contribution in [0.1, 0.15) is 38.8 Å². The van der Waals surface area contributed by atoms with Gasteiger partial charge in [-0.2, -0.15) is 0 Å². The number of anilines is 1. The second-order valence-corrected chi connectivity index (χ2v) is 5.76. The first-order valence-electron chi connectivity index (χ1n) is 6.69. The Balaban J connectivity index is 1.94. The lowest BCUT2D eigenvalue weighted by molar-refractivity contribution is 0.521. The Morgan fingerprint density at radius 2 is 2.35 bits per heavy atom. The van der Waals surface area contributed by atoms with Gasteiger partial charge < -0.3 is 10.2 Å². The number of hydrogen-bond donors (Lipinski definition) is 1. The number of aromatic nitrogens is 1. The number of thiazole rings is 1. The third-order valence-corrected chi connectivity index (χ3v) is 4.33. The maximum atomic E-state index is 4.72. The maximum Gasteiger partial charge on any atom is 0.185 e. The lowest BCUT2D eigenvalue weighted by Crippen LogP contribution is -2.24. The van der Waals surface area contributed by atoms with Gasteiger partial charge in [0.2, 0.25) is 0 Å². The van der Waals surface area contributed by atoms with Gasteiger partial charge in [0.1, 0.15) is 0 Å². The van der Waals surface area contributed by atoms with Crippen LogP contribution in [0, 0.1) is 5.92 Å². The van der Waals surface area contributed by atoms with Gasteiger partial charge in [-0.3, -0.25) is 0 Å². The van der Waals surface area contributed by atoms with E-state index in [0.29, 0.717) is 0 Å². The van der Waals surface area contributed by atoms with Gasteiger partial charge >= 0.3 is 0 Å². The van der Waals surface area contributed by atoms with Crippen molar-refractivity contribution in [1.82, 2.24) is 10.3 Å². The molecule has 0 saturated carbocycles. The van der Waals surface area contributed by atoms with Crippen LogP contribution < -0.4 is 10.2 Å². The molecule has 0 aromatic carbocycles. The predicted molar refractivity (Wildman–Crippen MR) is 74.7 cm³/mol. The Morgan fingerprint density at radius 1 is 1.47 bits per heavy atom. The standard InChI is InChI=1S/C13H23N3S/c1-3-14-9-12-10-17-13(15-12)16-7-4-5-11(2)6-8-16/h10-11,14H,3-9H2,1-2H3. The number of nitrogens with one attached hydrogen (secondary N) is 1. The molecule has 0 amide bonds. The van der Waals surface area contributed by atoms with Crippen LogP contribution in [-0.2, 0) is 6.54 Å². The fraction of sp³-hybridized carbons (Fsp3) is 0.769. The van der Waals surface area contributed by atoms with E-state index < -0.39 is 0 Å². The quantitative estimate of drug-likeness (QED) is 0.894. The number of nitrogens with zero attached hydrogens (tertiary/aromatic N) is 2. The third kappa shape index (κ3) is 3.68. The molecule has 1 aliphatic rings. The molecule has 1 unspecified atom stereocenters.